The molecule has 7 nitrogen and oxygen atoms in total. The van der Waals surface area contributed by atoms with Crippen molar-refractivity contribution in [2.75, 3.05) is 11.9 Å². The topological polar surface area (TPSA) is 88.9 Å². The Labute approximate surface area is 173 Å². The van der Waals surface area contributed by atoms with E-state index in [1.54, 1.807) is 42.7 Å². The Morgan fingerprint density at radius 1 is 0.933 bits per heavy atom. The Morgan fingerprint density at radius 2 is 1.70 bits per heavy atom. The zero-order valence-electron chi connectivity index (χ0n) is 16.2. The first-order valence-corrected chi connectivity index (χ1v) is 9.56. The quantitative estimate of drug-likeness (QED) is 0.579. The van der Waals surface area contributed by atoms with Crippen LogP contribution in [0.15, 0.2) is 71.3 Å². The van der Waals surface area contributed by atoms with Crippen LogP contribution in [0.4, 0.5) is 5.69 Å². The molecule has 1 N–H and O–H groups in total. The van der Waals surface area contributed by atoms with Gasteiger partial charge in [0.15, 0.2) is 0 Å². The van der Waals surface area contributed by atoms with E-state index in [-0.39, 0.29) is 30.7 Å². The summed E-state index contributed by atoms with van der Waals surface area (Å²) in [5.41, 5.74) is 2.29. The number of fused-ring (bicyclic) bond motifs is 1. The van der Waals surface area contributed by atoms with E-state index < -0.39 is 0 Å². The smallest absolute Gasteiger partial charge is 0.261 e. The lowest BCUT2D eigenvalue weighted by Gasteiger charge is -2.14. The number of nitrogens with one attached hydrogen (secondary N) is 1. The molecule has 0 aliphatic carbocycles. The molecule has 0 spiro atoms. The summed E-state index contributed by atoms with van der Waals surface area (Å²) in [5.74, 6) is -0.258. The van der Waals surface area contributed by atoms with Crippen LogP contribution in [0.25, 0.3) is 0 Å². The molecule has 3 aromatic rings. The van der Waals surface area contributed by atoms with Crippen LogP contribution in [0.1, 0.15) is 38.5 Å². The lowest BCUT2D eigenvalue weighted by Crippen LogP contribution is -2.32. The Morgan fingerprint density at radius 3 is 2.40 bits per heavy atom. The number of ether oxygens (including phenoxy) is 1. The number of amides is 3. The molecular formula is C23H20N2O5. The molecule has 4 rings (SSSR count). The standard InChI is InChI=1S/C23H20N2O5/c26-21(10-11-25-22(27)19-8-1-2-9-20(19)23(25)28)24-17-6-3-5-16(13-17)14-29-15-18-7-4-12-30-18/h1-9,12-13H,10-11,14-15H2,(H,24,26). The third-order valence-electron chi connectivity index (χ3n) is 4.74. The number of carbonyl (C=O) groups excluding carboxylic acids is 3. The van der Waals surface area contributed by atoms with Gasteiger partial charge in [-0.3, -0.25) is 19.3 Å². The van der Waals surface area contributed by atoms with Gasteiger partial charge >= 0.3 is 0 Å². The maximum Gasteiger partial charge on any atom is 0.261 e. The minimum atomic E-state index is -0.362. The summed E-state index contributed by atoms with van der Waals surface area (Å²) < 4.78 is 10.8. The van der Waals surface area contributed by atoms with Crippen molar-refractivity contribution in [1.29, 1.82) is 0 Å². The lowest BCUT2D eigenvalue weighted by molar-refractivity contribution is -0.116. The molecule has 7 heteroatoms. The number of furan rings is 1. The summed E-state index contributed by atoms with van der Waals surface area (Å²) in [7, 11) is 0. The van der Waals surface area contributed by atoms with E-state index in [4.69, 9.17) is 9.15 Å². The normalized spacial score (nSPS) is 12.9. The highest BCUT2D eigenvalue weighted by Gasteiger charge is 2.34. The molecule has 0 fully saturated rings. The molecule has 0 saturated heterocycles. The van der Waals surface area contributed by atoms with Crippen LogP contribution in [0.3, 0.4) is 0 Å². The predicted octanol–water partition coefficient (Wildman–Crippen LogP) is 3.62. The van der Waals surface area contributed by atoms with Crippen molar-refractivity contribution in [3.8, 4) is 0 Å². The van der Waals surface area contributed by atoms with Crippen molar-refractivity contribution in [1.82, 2.24) is 4.90 Å². The highest BCUT2D eigenvalue weighted by molar-refractivity contribution is 6.21. The minimum absolute atomic E-state index is 0.0185. The molecule has 2 heterocycles. The van der Waals surface area contributed by atoms with E-state index >= 15 is 0 Å². The number of benzene rings is 2. The van der Waals surface area contributed by atoms with E-state index in [1.165, 1.54) is 0 Å². The van der Waals surface area contributed by atoms with Gasteiger partial charge in [-0.15, -0.1) is 0 Å². The molecule has 2 aromatic carbocycles. The van der Waals surface area contributed by atoms with Crippen molar-refractivity contribution in [2.24, 2.45) is 0 Å². The van der Waals surface area contributed by atoms with Gasteiger partial charge in [0, 0.05) is 18.7 Å². The molecule has 152 valence electrons. The van der Waals surface area contributed by atoms with Gasteiger partial charge in [0.05, 0.1) is 24.0 Å². The first kappa shape index (κ1) is 19.6. The van der Waals surface area contributed by atoms with E-state index in [9.17, 15) is 14.4 Å². The van der Waals surface area contributed by atoms with Crippen molar-refractivity contribution < 1.29 is 23.5 Å². The van der Waals surface area contributed by atoms with Crippen LogP contribution in [-0.4, -0.2) is 29.2 Å². The molecule has 0 saturated carbocycles. The Balaban J connectivity index is 1.28. The van der Waals surface area contributed by atoms with Crippen LogP contribution in [0.2, 0.25) is 0 Å². The number of rotatable bonds is 8. The Kier molecular flexibility index (Phi) is 5.72. The number of nitrogens with zero attached hydrogens (tertiary/aromatic N) is 1. The Bertz CT molecular complexity index is 1040. The second kappa shape index (κ2) is 8.75. The number of anilines is 1. The van der Waals surface area contributed by atoms with Gasteiger partial charge in [-0.05, 0) is 42.0 Å². The van der Waals surface area contributed by atoms with Crippen LogP contribution in [-0.2, 0) is 22.7 Å². The first-order chi connectivity index (χ1) is 14.6. The molecule has 0 atom stereocenters. The van der Waals surface area contributed by atoms with Crippen LogP contribution < -0.4 is 5.32 Å². The van der Waals surface area contributed by atoms with Crippen LogP contribution in [0, 0.1) is 0 Å². The summed E-state index contributed by atoms with van der Waals surface area (Å²) >= 11 is 0. The SMILES string of the molecule is O=C(CCN1C(=O)c2ccccc2C1=O)Nc1cccc(COCc2ccco2)c1. The molecule has 1 aliphatic rings. The molecule has 0 bridgehead atoms. The fourth-order valence-electron chi connectivity index (χ4n) is 3.28. The number of carbonyl (C=O) groups is 3. The number of imide groups is 1. The summed E-state index contributed by atoms with van der Waals surface area (Å²) in [6.45, 7) is 0.771. The minimum Gasteiger partial charge on any atom is -0.467 e. The summed E-state index contributed by atoms with van der Waals surface area (Å²) in [6.07, 6.45) is 1.61. The van der Waals surface area contributed by atoms with E-state index in [1.807, 2.05) is 24.3 Å². The highest BCUT2D eigenvalue weighted by Crippen LogP contribution is 2.22. The number of hydrogen-bond donors (Lipinski definition) is 1. The molecule has 3 amide bonds. The van der Waals surface area contributed by atoms with E-state index in [0.29, 0.717) is 30.0 Å². The van der Waals surface area contributed by atoms with Crippen molar-refractivity contribution in [3.63, 3.8) is 0 Å². The first-order valence-electron chi connectivity index (χ1n) is 9.56. The van der Waals surface area contributed by atoms with Crippen molar-refractivity contribution in [3.05, 3.63) is 89.4 Å². The second-order valence-corrected chi connectivity index (χ2v) is 6.88. The molecule has 0 unspecified atom stereocenters. The van der Waals surface area contributed by atoms with E-state index in [2.05, 4.69) is 5.32 Å². The maximum absolute atomic E-state index is 12.4. The average molecular weight is 404 g/mol. The van der Waals surface area contributed by atoms with Crippen LogP contribution >= 0.6 is 0 Å². The summed E-state index contributed by atoms with van der Waals surface area (Å²) in [4.78, 5) is 38.2. The third-order valence-corrected chi connectivity index (χ3v) is 4.74. The molecule has 30 heavy (non-hydrogen) atoms. The number of hydrogen-bond acceptors (Lipinski definition) is 5. The molecular weight excluding hydrogens is 384 g/mol. The van der Waals surface area contributed by atoms with Gasteiger partial charge in [-0.25, -0.2) is 0 Å². The van der Waals surface area contributed by atoms with Gasteiger partial charge in [0.2, 0.25) is 5.91 Å². The summed E-state index contributed by atoms with van der Waals surface area (Å²) in [6, 6.07) is 17.6. The van der Waals surface area contributed by atoms with Gasteiger partial charge < -0.3 is 14.5 Å². The van der Waals surface area contributed by atoms with Gasteiger partial charge in [-0.1, -0.05) is 24.3 Å². The third kappa shape index (κ3) is 4.31. The lowest BCUT2D eigenvalue weighted by atomic mass is 10.1. The van der Waals surface area contributed by atoms with Crippen LogP contribution in [0.5, 0.6) is 0 Å². The largest absolute Gasteiger partial charge is 0.467 e. The fraction of sp³-hybridized carbons (Fsp3) is 0.174. The van der Waals surface area contributed by atoms with Gasteiger partial charge in [0.1, 0.15) is 12.4 Å². The Hall–Kier alpha value is -3.71. The van der Waals surface area contributed by atoms with Gasteiger partial charge in [-0.2, -0.15) is 0 Å². The van der Waals surface area contributed by atoms with E-state index in [0.717, 1.165) is 16.2 Å². The fourth-order valence-corrected chi connectivity index (χ4v) is 3.28. The predicted molar refractivity (Wildman–Crippen MR) is 109 cm³/mol. The molecule has 1 aromatic heterocycles. The van der Waals surface area contributed by atoms with Crippen molar-refractivity contribution >= 4 is 23.4 Å². The van der Waals surface area contributed by atoms with Crippen molar-refractivity contribution in [2.45, 2.75) is 19.6 Å². The highest BCUT2D eigenvalue weighted by atomic mass is 16.5. The maximum atomic E-state index is 12.4. The zero-order valence-corrected chi connectivity index (χ0v) is 16.2. The summed E-state index contributed by atoms with van der Waals surface area (Å²) in [5, 5.41) is 2.80. The second-order valence-electron chi connectivity index (χ2n) is 6.88. The zero-order chi connectivity index (χ0) is 20.9. The molecule has 0 radical (unpaired) electrons. The van der Waals surface area contributed by atoms with Gasteiger partial charge in [0.25, 0.3) is 11.8 Å². The average Bonchev–Trinajstić information content (AvgIpc) is 3.35. The molecule has 1 aliphatic heterocycles. The monoisotopic (exact) mass is 404 g/mol.